The molecule has 0 amide bonds. The number of hydrogen-bond acceptors (Lipinski definition) is 8. The van der Waals surface area contributed by atoms with Crippen LogP contribution in [0, 0.1) is 10.1 Å². The molecule has 0 saturated heterocycles. The van der Waals surface area contributed by atoms with Gasteiger partial charge in [-0.15, -0.1) is 0 Å². The Kier molecular flexibility index (Phi) is 6.80. The number of benzene rings is 1. The van der Waals surface area contributed by atoms with Crippen molar-refractivity contribution in [2.45, 2.75) is 24.8 Å². The van der Waals surface area contributed by atoms with E-state index in [0.717, 1.165) is 24.3 Å². The molecule has 1 rings (SSSR count). The second kappa shape index (κ2) is 8.36. The highest BCUT2D eigenvalue weighted by molar-refractivity contribution is 7.89. The smallest absolute Gasteiger partial charge is 0.335 e. The van der Waals surface area contributed by atoms with Crippen molar-refractivity contribution >= 4 is 27.6 Å². The molecule has 0 aromatic heterocycles. The Labute approximate surface area is 137 Å². The molecule has 0 aliphatic heterocycles. The zero-order valence-electron chi connectivity index (χ0n) is 12.9. The predicted molar refractivity (Wildman–Crippen MR) is 80.5 cm³/mol. The van der Waals surface area contributed by atoms with Crippen molar-refractivity contribution in [2.75, 3.05) is 13.2 Å². The lowest BCUT2D eigenvalue weighted by molar-refractivity contribution is -0.384. The van der Waals surface area contributed by atoms with Crippen LogP contribution in [0.5, 0.6) is 0 Å². The number of nitrogens with zero attached hydrogens (tertiary/aromatic N) is 1. The van der Waals surface area contributed by atoms with Crippen molar-refractivity contribution in [3.63, 3.8) is 0 Å². The van der Waals surface area contributed by atoms with Crippen molar-refractivity contribution in [3.05, 3.63) is 34.4 Å². The van der Waals surface area contributed by atoms with E-state index < -0.39 is 32.9 Å². The van der Waals surface area contributed by atoms with Crippen molar-refractivity contribution in [1.29, 1.82) is 0 Å². The third kappa shape index (κ3) is 4.99. The molecule has 0 spiro atoms. The summed E-state index contributed by atoms with van der Waals surface area (Å²) in [5, 5.41) is 10.6. The van der Waals surface area contributed by atoms with Gasteiger partial charge in [0.05, 0.1) is 23.0 Å². The van der Waals surface area contributed by atoms with Crippen molar-refractivity contribution < 1.29 is 32.4 Å². The number of esters is 2. The van der Waals surface area contributed by atoms with Gasteiger partial charge in [0.25, 0.3) is 5.69 Å². The molecule has 132 valence electrons. The van der Waals surface area contributed by atoms with Gasteiger partial charge in [0.2, 0.25) is 16.1 Å². The number of carbonyl (C=O) groups is 2. The lowest BCUT2D eigenvalue weighted by Gasteiger charge is -2.16. The Hall–Kier alpha value is -2.53. The molecule has 0 radical (unpaired) electrons. The molecule has 11 heteroatoms. The second-order valence-corrected chi connectivity index (χ2v) is 6.02. The maximum absolute atomic E-state index is 12.2. The average molecular weight is 360 g/mol. The Morgan fingerprint density at radius 1 is 1.12 bits per heavy atom. The summed E-state index contributed by atoms with van der Waals surface area (Å²) in [4.78, 5) is 33.1. The van der Waals surface area contributed by atoms with Gasteiger partial charge in [0.1, 0.15) is 0 Å². The summed E-state index contributed by atoms with van der Waals surface area (Å²) >= 11 is 0. The molecule has 0 aliphatic carbocycles. The number of sulfonamides is 1. The molecule has 0 unspecified atom stereocenters. The van der Waals surface area contributed by atoms with E-state index in [1.54, 1.807) is 0 Å². The minimum Gasteiger partial charge on any atom is -0.464 e. The van der Waals surface area contributed by atoms with E-state index in [1.165, 1.54) is 13.8 Å². The van der Waals surface area contributed by atoms with Gasteiger partial charge in [-0.3, -0.25) is 10.1 Å². The number of nitro groups is 1. The van der Waals surface area contributed by atoms with Crippen LogP contribution in [0.25, 0.3) is 0 Å². The summed E-state index contributed by atoms with van der Waals surface area (Å²) in [6.45, 7) is 2.86. The molecule has 1 aromatic carbocycles. The van der Waals surface area contributed by atoms with Crippen LogP contribution in [0.2, 0.25) is 0 Å². The summed E-state index contributed by atoms with van der Waals surface area (Å²) in [5.41, 5.74) is -0.304. The van der Waals surface area contributed by atoms with Gasteiger partial charge in [-0.1, -0.05) is 0 Å². The molecular weight excluding hydrogens is 344 g/mol. The summed E-state index contributed by atoms with van der Waals surface area (Å²) in [7, 11) is -4.30. The first-order valence-corrected chi connectivity index (χ1v) is 8.31. The molecule has 10 nitrogen and oxygen atoms in total. The van der Waals surface area contributed by atoms with Gasteiger partial charge in [0, 0.05) is 12.1 Å². The Bertz CT molecular complexity index is 696. The molecule has 24 heavy (non-hydrogen) atoms. The minimum absolute atomic E-state index is 0.0615. The molecule has 0 bridgehead atoms. The van der Waals surface area contributed by atoms with Crippen molar-refractivity contribution in [2.24, 2.45) is 0 Å². The summed E-state index contributed by atoms with van der Waals surface area (Å²) in [6, 6.07) is 2.06. The molecule has 0 saturated carbocycles. The third-order valence-corrected chi connectivity index (χ3v) is 4.11. The van der Waals surface area contributed by atoms with E-state index in [9.17, 15) is 28.1 Å². The van der Waals surface area contributed by atoms with Crippen LogP contribution in [0.1, 0.15) is 13.8 Å². The molecular formula is C13H16N2O8S. The van der Waals surface area contributed by atoms with Crippen LogP contribution in [0.4, 0.5) is 5.69 Å². The average Bonchev–Trinajstić information content (AvgIpc) is 2.53. The lowest BCUT2D eigenvalue weighted by atomic mass is 10.3. The van der Waals surface area contributed by atoms with Crippen LogP contribution in [0.3, 0.4) is 0 Å². The van der Waals surface area contributed by atoms with Gasteiger partial charge < -0.3 is 9.47 Å². The van der Waals surface area contributed by atoms with Crippen LogP contribution in [-0.2, 0) is 29.1 Å². The first kappa shape index (κ1) is 19.5. The Balaban J connectivity index is 3.07. The van der Waals surface area contributed by atoms with Crippen LogP contribution >= 0.6 is 0 Å². The number of carbonyl (C=O) groups excluding carboxylic acids is 2. The predicted octanol–water partition coefficient (Wildman–Crippen LogP) is 0.368. The molecule has 1 aromatic rings. The van der Waals surface area contributed by atoms with Gasteiger partial charge in [0.15, 0.2) is 0 Å². The van der Waals surface area contributed by atoms with E-state index in [1.807, 2.05) is 4.72 Å². The fourth-order valence-corrected chi connectivity index (χ4v) is 2.75. The summed E-state index contributed by atoms with van der Waals surface area (Å²) in [6.07, 6.45) is 0. The number of rotatable bonds is 8. The van der Waals surface area contributed by atoms with Crippen LogP contribution in [0.15, 0.2) is 29.2 Å². The normalized spacial score (nSPS) is 11.1. The first-order chi connectivity index (χ1) is 11.2. The fraction of sp³-hybridized carbons (Fsp3) is 0.385. The van der Waals surface area contributed by atoms with E-state index in [4.69, 9.17) is 0 Å². The van der Waals surface area contributed by atoms with E-state index in [2.05, 4.69) is 9.47 Å². The zero-order valence-corrected chi connectivity index (χ0v) is 13.7. The summed E-state index contributed by atoms with van der Waals surface area (Å²) < 4.78 is 35.7. The number of hydrogen-bond donors (Lipinski definition) is 1. The number of nitro benzene ring substituents is 1. The fourth-order valence-electron chi connectivity index (χ4n) is 1.61. The molecule has 0 atom stereocenters. The van der Waals surface area contributed by atoms with Gasteiger partial charge in [-0.25, -0.2) is 18.0 Å². The second-order valence-electron chi connectivity index (χ2n) is 4.31. The van der Waals surface area contributed by atoms with Crippen molar-refractivity contribution in [3.8, 4) is 0 Å². The monoisotopic (exact) mass is 360 g/mol. The molecule has 1 N–H and O–H groups in total. The largest absolute Gasteiger partial charge is 0.464 e. The van der Waals surface area contributed by atoms with Crippen LogP contribution in [-0.4, -0.2) is 44.5 Å². The maximum Gasteiger partial charge on any atom is 0.335 e. The standard InChI is InChI=1S/C13H16N2O8S/c1-3-22-12(16)11(13(17)23-4-2)14-24(20,21)10-7-5-9(6-8-10)15(18)19/h5-8,11,14H,3-4H2,1-2H3. The van der Waals surface area contributed by atoms with E-state index in [-0.39, 0.29) is 23.8 Å². The highest BCUT2D eigenvalue weighted by atomic mass is 32.2. The van der Waals surface area contributed by atoms with Crippen LogP contribution < -0.4 is 4.72 Å². The van der Waals surface area contributed by atoms with Gasteiger partial charge in [-0.05, 0) is 26.0 Å². The molecule has 0 fully saturated rings. The van der Waals surface area contributed by atoms with E-state index >= 15 is 0 Å². The highest BCUT2D eigenvalue weighted by Crippen LogP contribution is 2.16. The third-order valence-electron chi connectivity index (χ3n) is 2.68. The SMILES string of the molecule is CCOC(=O)C(NS(=O)(=O)c1ccc([N+](=O)[O-])cc1)C(=O)OCC. The van der Waals surface area contributed by atoms with Crippen molar-refractivity contribution in [1.82, 2.24) is 4.72 Å². The first-order valence-electron chi connectivity index (χ1n) is 6.83. The quantitative estimate of drug-likeness (QED) is 0.303. The number of non-ortho nitro benzene ring substituents is 1. The minimum atomic E-state index is -4.30. The summed E-state index contributed by atoms with van der Waals surface area (Å²) in [5.74, 6) is -2.22. The van der Waals surface area contributed by atoms with Gasteiger partial charge in [-0.2, -0.15) is 4.72 Å². The lowest BCUT2D eigenvalue weighted by Crippen LogP contribution is -2.48. The Morgan fingerprint density at radius 3 is 1.96 bits per heavy atom. The van der Waals surface area contributed by atoms with Gasteiger partial charge >= 0.3 is 11.9 Å². The number of nitrogens with one attached hydrogen (secondary N) is 1. The topological polar surface area (TPSA) is 142 Å². The molecule has 0 aliphatic rings. The zero-order chi connectivity index (χ0) is 18.3. The maximum atomic E-state index is 12.2. The van der Waals surface area contributed by atoms with E-state index in [0.29, 0.717) is 0 Å². The Morgan fingerprint density at radius 2 is 1.58 bits per heavy atom. The number of ether oxygens (including phenoxy) is 2. The highest BCUT2D eigenvalue weighted by Gasteiger charge is 2.34. The molecule has 0 heterocycles.